The summed E-state index contributed by atoms with van der Waals surface area (Å²) in [6.45, 7) is 15.0. The van der Waals surface area contributed by atoms with E-state index in [1.165, 1.54) is 14.2 Å². The van der Waals surface area contributed by atoms with Gasteiger partial charge in [-0.05, 0) is 86.2 Å². The molecule has 246 valence electrons. The fraction of sp³-hybridized carbons (Fsp3) is 0.378. The molecule has 3 unspecified atom stereocenters. The van der Waals surface area contributed by atoms with E-state index in [0.717, 1.165) is 78.2 Å². The van der Waals surface area contributed by atoms with E-state index in [0.29, 0.717) is 25.0 Å². The van der Waals surface area contributed by atoms with Gasteiger partial charge in [-0.1, -0.05) is 25.7 Å². The van der Waals surface area contributed by atoms with Crippen molar-refractivity contribution in [1.82, 2.24) is 19.9 Å². The van der Waals surface area contributed by atoms with Crippen LogP contribution in [0.2, 0.25) is 0 Å². The Balaban J connectivity index is 1.74. The molecule has 0 radical (unpaired) electrons. The molecule has 0 fully saturated rings. The predicted octanol–water partition coefficient (Wildman–Crippen LogP) is 7.13. The molecule has 10 nitrogen and oxygen atoms in total. The number of aryl methyl sites for hydroxylation is 3. The van der Waals surface area contributed by atoms with Crippen molar-refractivity contribution in [3.63, 3.8) is 0 Å². The van der Waals surface area contributed by atoms with Crippen molar-refractivity contribution >= 4 is 39.2 Å². The lowest BCUT2D eigenvalue weighted by molar-refractivity contribution is -0.281. The van der Waals surface area contributed by atoms with Crippen molar-refractivity contribution in [1.29, 1.82) is 0 Å². The highest BCUT2D eigenvalue weighted by Gasteiger charge is 2.53. The summed E-state index contributed by atoms with van der Waals surface area (Å²) in [6, 6.07) is 8.33. The molecule has 5 heterocycles. The van der Waals surface area contributed by atoms with Crippen LogP contribution in [0.1, 0.15) is 71.2 Å². The molecule has 0 saturated carbocycles. The Morgan fingerprint density at radius 1 is 0.957 bits per heavy atom. The van der Waals surface area contributed by atoms with Crippen molar-refractivity contribution < 1.29 is 29.5 Å². The molecule has 3 aliphatic rings. The summed E-state index contributed by atoms with van der Waals surface area (Å²) in [5.41, 5.74) is 13.0. The predicted molar refractivity (Wildman–Crippen MR) is 181 cm³/mol. The van der Waals surface area contributed by atoms with E-state index in [9.17, 15) is 9.90 Å². The van der Waals surface area contributed by atoms with Gasteiger partial charge in [0.15, 0.2) is 0 Å². The highest BCUT2D eigenvalue weighted by atomic mass is 17.2. The van der Waals surface area contributed by atoms with Gasteiger partial charge in [0, 0.05) is 62.6 Å². The normalized spacial score (nSPS) is 20.7. The van der Waals surface area contributed by atoms with Gasteiger partial charge in [0.25, 0.3) is 0 Å². The van der Waals surface area contributed by atoms with Crippen molar-refractivity contribution in [2.45, 2.75) is 58.8 Å². The SMILES string of the molecule is C=CC1=C(C)c2cc3nc(cc4[nH]c(cc5[nH]c(cc1n2)c(C)c5C)c(CCOOC)c4C)C1(C)C(COOC)C(C(=O)O)=CCC31. The minimum atomic E-state index is -0.974. The van der Waals surface area contributed by atoms with E-state index in [4.69, 9.17) is 29.5 Å². The summed E-state index contributed by atoms with van der Waals surface area (Å²) in [5, 5.41) is 10.3. The fourth-order valence-corrected chi connectivity index (χ4v) is 7.47. The summed E-state index contributed by atoms with van der Waals surface area (Å²) >= 11 is 0. The van der Waals surface area contributed by atoms with E-state index >= 15 is 0 Å². The van der Waals surface area contributed by atoms with Gasteiger partial charge < -0.3 is 15.1 Å². The monoisotopic (exact) mass is 638 g/mol. The Kier molecular flexibility index (Phi) is 8.80. The summed E-state index contributed by atoms with van der Waals surface area (Å²) in [4.78, 5) is 50.9. The second-order valence-corrected chi connectivity index (χ2v) is 12.7. The first kappa shape index (κ1) is 32.6. The van der Waals surface area contributed by atoms with Crippen molar-refractivity contribution in [3.05, 3.63) is 93.6 Å². The van der Waals surface area contributed by atoms with Crippen LogP contribution in [0, 0.1) is 26.7 Å². The van der Waals surface area contributed by atoms with Gasteiger partial charge >= 0.3 is 5.97 Å². The molecule has 6 rings (SSSR count). The third-order valence-electron chi connectivity index (χ3n) is 10.4. The number of nitrogens with zero attached hydrogens (tertiary/aromatic N) is 2. The van der Waals surface area contributed by atoms with Crippen LogP contribution in [0.4, 0.5) is 0 Å². The number of carbonyl (C=O) groups is 1. The number of hydrogen-bond acceptors (Lipinski definition) is 7. The molecule has 3 N–H and O–H groups in total. The van der Waals surface area contributed by atoms with Crippen molar-refractivity contribution in [2.24, 2.45) is 5.92 Å². The summed E-state index contributed by atoms with van der Waals surface area (Å²) in [5.74, 6) is -1.63. The van der Waals surface area contributed by atoms with E-state index in [1.807, 2.05) is 12.2 Å². The first-order valence-electron chi connectivity index (χ1n) is 15.8. The smallest absolute Gasteiger partial charge is 0.331 e. The Morgan fingerprint density at radius 2 is 1.64 bits per heavy atom. The number of hydrogen-bond donors (Lipinski definition) is 3. The number of carboxylic acids is 1. The number of aliphatic carboxylic acids is 1. The summed E-state index contributed by atoms with van der Waals surface area (Å²) < 4.78 is 0. The van der Waals surface area contributed by atoms with Gasteiger partial charge in [-0.2, -0.15) is 0 Å². The molecule has 2 aliphatic heterocycles. The minimum absolute atomic E-state index is 0.0606. The first-order chi connectivity index (χ1) is 22.5. The maximum atomic E-state index is 12.6. The van der Waals surface area contributed by atoms with E-state index in [2.05, 4.69) is 75.4 Å². The number of fused-ring (bicyclic) bond motifs is 11. The topological polar surface area (TPSA) is 132 Å². The van der Waals surface area contributed by atoms with Crippen LogP contribution < -0.4 is 0 Å². The first-order valence-corrected chi connectivity index (χ1v) is 15.8. The molecule has 0 amide bonds. The molecule has 0 spiro atoms. The maximum Gasteiger partial charge on any atom is 0.331 e. The van der Waals surface area contributed by atoms with Crippen LogP contribution in [0.15, 0.2) is 48.6 Å². The third-order valence-corrected chi connectivity index (χ3v) is 10.4. The summed E-state index contributed by atoms with van der Waals surface area (Å²) in [7, 11) is 2.94. The zero-order valence-corrected chi connectivity index (χ0v) is 28.0. The molecule has 3 aromatic rings. The summed E-state index contributed by atoms with van der Waals surface area (Å²) in [6.07, 6.45) is 4.78. The molecule has 0 aromatic carbocycles. The van der Waals surface area contributed by atoms with Gasteiger partial charge in [-0.3, -0.25) is 4.98 Å². The minimum Gasteiger partial charge on any atom is -0.478 e. The number of aromatic amines is 2. The van der Waals surface area contributed by atoms with Gasteiger partial charge in [0.2, 0.25) is 0 Å². The second kappa shape index (κ2) is 12.7. The number of rotatable bonds is 9. The Labute approximate surface area is 274 Å². The molecule has 47 heavy (non-hydrogen) atoms. The quantitative estimate of drug-likeness (QED) is 0.128. The van der Waals surface area contributed by atoms with Gasteiger partial charge in [-0.15, -0.1) is 0 Å². The van der Waals surface area contributed by atoms with Gasteiger partial charge in [0.05, 0.1) is 44.5 Å². The van der Waals surface area contributed by atoms with Crippen LogP contribution in [-0.4, -0.2) is 58.4 Å². The average molecular weight is 639 g/mol. The number of carboxylic acid groups (broad SMARTS) is 1. The average Bonchev–Trinajstić information content (AvgIpc) is 3.68. The van der Waals surface area contributed by atoms with E-state index in [-0.39, 0.29) is 12.5 Å². The highest BCUT2D eigenvalue weighted by Crippen LogP contribution is 2.54. The molecule has 8 bridgehead atoms. The fourth-order valence-electron chi connectivity index (χ4n) is 7.47. The van der Waals surface area contributed by atoms with E-state index < -0.39 is 17.3 Å². The number of H-pyrrole nitrogens is 2. The van der Waals surface area contributed by atoms with Crippen LogP contribution in [0.5, 0.6) is 0 Å². The third kappa shape index (κ3) is 5.45. The lowest BCUT2D eigenvalue weighted by atomic mass is 9.60. The highest BCUT2D eigenvalue weighted by molar-refractivity contribution is 5.96. The van der Waals surface area contributed by atoms with Gasteiger partial charge in [-0.25, -0.2) is 29.3 Å². The van der Waals surface area contributed by atoms with Crippen LogP contribution in [-0.2, 0) is 36.2 Å². The zero-order valence-electron chi connectivity index (χ0n) is 28.0. The molecule has 10 heteroatoms. The number of allylic oxidation sites excluding steroid dienone is 4. The second-order valence-electron chi connectivity index (χ2n) is 12.7. The molecule has 3 aromatic heterocycles. The van der Waals surface area contributed by atoms with Crippen LogP contribution in [0.25, 0.3) is 33.2 Å². The number of aromatic nitrogens is 4. The number of nitrogens with one attached hydrogen (secondary N) is 2. The lowest BCUT2D eigenvalue weighted by Crippen LogP contribution is -2.43. The van der Waals surface area contributed by atoms with Gasteiger partial charge in [0.1, 0.15) is 0 Å². The Bertz CT molecular complexity index is 2000. The van der Waals surface area contributed by atoms with E-state index in [1.54, 1.807) is 0 Å². The standard InChI is InChI=1S/C37H42N4O6/c1-9-23-21(4)30-16-34-26-11-10-25(36(42)43)27(18-47-45-8)37(26,6)35(41-34)17-31-22(5)24(12-13-46-44-7)33(40-31)15-29-20(3)19(2)28(38-29)14-32(23)39-30/h9-10,14-17,26-27,38,40H,1,11-13,18H2,2-8H3,(H,42,43). The maximum absolute atomic E-state index is 12.6. The molecular formula is C37H42N4O6. The van der Waals surface area contributed by atoms with Crippen LogP contribution >= 0.6 is 0 Å². The van der Waals surface area contributed by atoms with Crippen LogP contribution in [0.3, 0.4) is 0 Å². The molecule has 1 aliphatic carbocycles. The zero-order chi connectivity index (χ0) is 33.6. The Morgan fingerprint density at radius 3 is 2.32 bits per heavy atom. The molecular weight excluding hydrogens is 596 g/mol. The van der Waals surface area contributed by atoms with Crippen molar-refractivity contribution in [2.75, 3.05) is 27.4 Å². The van der Waals surface area contributed by atoms with Crippen molar-refractivity contribution in [3.8, 4) is 0 Å². The lowest BCUT2D eigenvalue weighted by Gasteiger charge is -2.42. The largest absolute Gasteiger partial charge is 0.478 e. The molecule has 0 saturated heterocycles. The Hall–Kier alpha value is -4.35. The molecule has 3 atom stereocenters.